The van der Waals surface area contributed by atoms with Crippen molar-refractivity contribution < 1.29 is 13.6 Å². The standard InChI is InChI=1S/C14H10Br2F2N2O/c15-9-2-1-7(3-10(9)16)6-20-13-4-8(14(19)21)11(17)5-12(13)18/h1-5,20H,6H2,(H2,19,21). The van der Waals surface area contributed by atoms with Crippen LogP contribution in [0.4, 0.5) is 14.5 Å². The topological polar surface area (TPSA) is 55.1 Å². The normalized spacial score (nSPS) is 10.5. The number of nitrogens with two attached hydrogens (primary N) is 1. The molecule has 3 nitrogen and oxygen atoms in total. The number of nitrogens with one attached hydrogen (secondary N) is 1. The summed E-state index contributed by atoms with van der Waals surface area (Å²) in [5.41, 5.74) is 5.59. The Morgan fingerprint density at radius 3 is 2.43 bits per heavy atom. The Hall–Kier alpha value is -1.47. The second-order valence-electron chi connectivity index (χ2n) is 4.28. The van der Waals surface area contributed by atoms with Crippen LogP contribution in [0, 0.1) is 11.6 Å². The van der Waals surface area contributed by atoms with Gasteiger partial charge in [0.2, 0.25) is 0 Å². The highest BCUT2D eigenvalue weighted by Crippen LogP contribution is 2.25. The van der Waals surface area contributed by atoms with E-state index in [0.29, 0.717) is 12.6 Å². The van der Waals surface area contributed by atoms with Gasteiger partial charge in [-0.15, -0.1) is 0 Å². The van der Waals surface area contributed by atoms with Crippen molar-refractivity contribution in [1.29, 1.82) is 0 Å². The molecule has 0 aliphatic heterocycles. The van der Waals surface area contributed by atoms with E-state index in [-0.39, 0.29) is 11.3 Å². The van der Waals surface area contributed by atoms with E-state index < -0.39 is 17.5 Å². The molecule has 2 aromatic carbocycles. The predicted molar refractivity (Wildman–Crippen MR) is 84.0 cm³/mol. The molecule has 0 atom stereocenters. The van der Waals surface area contributed by atoms with E-state index in [0.717, 1.165) is 20.6 Å². The highest BCUT2D eigenvalue weighted by Gasteiger charge is 2.13. The number of hydrogen-bond donors (Lipinski definition) is 2. The number of anilines is 1. The second kappa shape index (κ2) is 6.53. The van der Waals surface area contributed by atoms with Gasteiger partial charge in [-0.3, -0.25) is 4.79 Å². The molecule has 0 unspecified atom stereocenters. The van der Waals surface area contributed by atoms with Gasteiger partial charge >= 0.3 is 0 Å². The monoisotopic (exact) mass is 418 g/mol. The van der Waals surface area contributed by atoms with Crippen LogP contribution in [-0.2, 0) is 6.54 Å². The molecule has 1 amide bonds. The lowest BCUT2D eigenvalue weighted by molar-refractivity contribution is 0.0996. The molecule has 21 heavy (non-hydrogen) atoms. The summed E-state index contributed by atoms with van der Waals surface area (Å²) >= 11 is 6.72. The molecule has 0 aliphatic rings. The Balaban J connectivity index is 2.21. The highest BCUT2D eigenvalue weighted by atomic mass is 79.9. The number of benzene rings is 2. The minimum Gasteiger partial charge on any atom is -0.379 e. The Bertz CT molecular complexity index is 708. The first-order valence-corrected chi connectivity index (χ1v) is 7.43. The fraction of sp³-hybridized carbons (Fsp3) is 0.0714. The van der Waals surface area contributed by atoms with Gasteiger partial charge < -0.3 is 11.1 Å². The molecule has 110 valence electrons. The summed E-state index contributed by atoms with van der Waals surface area (Å²) < 4.78 is 28.8. The third kappa shape index (κ3) is 3.79. The largest absolute Gasteiger partial charge is 0.379 e. The van der Waals surface area contributed by atoms with Crippen LogP contribution in [0.3, 0.4) is 0 Å². The van der Waals surface area contributed by atoms with Crippen LogP contribution in [0.15, 0.2) is 39.3 Å². The number of hydrogen-bond acceptors (Lipinski definition) is 2. The lowest BCUT2D eigenvalue weighted by Crippen LogP contribution is -2.14. The molecule has 7 heteroatoms. The van der Waals surface area contributed by atoms with E-state index in [1.54, 1.807) is 0 Å². The number of carbonyl (C=O) groups is 1. The van der Waals surface area contributed by atoms with Gasteiger partial charge in [0.25, 0.3) is 5.91 Å². The maximum Gasteiger partial charge on any atom is 0.251 e. The molecule has 3 N–H and O–H groups in total. The summed E-state index contributed by atoms with van der Waals surface area (Å²) in [6, 6.07) is 7.25. The molecule has 0 saturated carbocycles. The number of carbonyl (C=O) groups excluding carboxylic acids is 1. The summed E-state index contributed by atoms with van der Waals surface area (Å²) in [6.07, 6.45) is 0. The predicted octanol–water partition coefficient (Wildman–Crippen LogP) is 4.20. The van der Waals surface area contributed by atoms with Crippen LogP contribution < -0.4 is 11.1 Å². The van der Waals surface area contributed by atoms with Crippen molar-refractivity contribution in [2.45, 2.75) is 6.54 Å². The molecule has 0 radical (unpaired) electrons. The van der Waals surface area contributed by atoms with Crippen molar-refractivity contribution in [3.63, 3.8) is 0 Å². The van der Waals surface area contributed by atoms with Gasteiger partial charge in [0, 0.05) is 21.6 Å². The third-order valence-corrected chi connectivity index (χ3v) is 4.67. The van der Waals surface area contributed by atoms with Gasteiger partial charge in [0.1, 0.15) is 11.6 Å². The maximum atomic E-state index is 13.7. The lowest BCUT2D eigenvalue weighted by atomic mass is 10.1. The van der Waals surface area contributed by atoms with Crippen molar-refractivity contribution in [2.75, 3.05) is 5.32 Å². The zero-order valence-corrected chi connectivity index (χ0v) is 13.8. The first kappa shape index (κ1) is 15.9. The first-order chi connectivity index (χ1) is 9.88. The molecule has 2 rings (SSSR count). The Morgan fingerprint density at radius 1 is 1.10 bits per heavy atom. The van der Waals surface area contributed by atoms with E-state index in [1.165, 1.54) is 0 Å². The van der Waals surface area contributed by atoms with E-state index in [9.17, 15) is 13.6 Å². The summed E-state index contributed by atoms with van der Waals surface area (Å²) in [5.74, 6) is -2.70. The van der Waals surface area contributed by atoms with Crippen molar-refractivity contribution in [2.24, 2.45) is 5.73 Å². The Morgan fingerprint density at radius 2 is 1.81 bits per heavy atom. The molecule has 0 aliphatic carbocycles. The zero-order valence-electron chi connectivity index (χ0n) is 10.6. The molecule has 0 saturated heterocycles. The second-order valence-corrected chi connectivity index (χ2v) is 5.99. The van der Waals surface area contributed by atoms with E-state index >= 15 is 0 Å². The lowest BCUT2D eigenvalue weighted by Gasteiger charge is -2.10. The third-order valence-electron chi connectivity index (χ3n) is 2.79. The molecule has 0 aromatic heterocycles. The number of rotatable bonds is 4. The quantitative estimate of drug-likeness (QED) is 0.780. The summed E-state index contributed by atoms with van der Waals surface area (Å²) in [5, 5.41) is 2.81. The summed E-state index contributed by atoms with van der Waals surface area (Å²) in [4.78, 5) is 11.1. The van der Waals surface area contributed by atoms with Gasteiger partial charge in [0.05, 0.1) is 11.3 Å². The van der Waals surface area contributed by atoms with Gasteiger partial charge in [-0.05, 0) is 55.6 Å². The Labute approximate surface area is 136 Å². The van der Waals surface area contributed by atoms with Crippen LogP contribution in [0.2, 0.25) is 0 Å². The molecular weight excluding hydrogens is 410 g/mol. The van der Waals surface area contributed by atoms with Crippen molar-refractivity contribution in [1.82, 2.24) is 0 Å². The average Bonchev–Trinajstić information content (AvgIpc) is 2.41. The fourth-order valence-corrected chi connectivity index (χ4v) is 2.39. The van der Waals surface area contributed by atoms with Gasteiger partial charge in [-0.2, -0.15) is 0 Å². The van der Waals surface area contributed by atoms with Crippen molar-refractivity contribution in [3.8, 4) is 0 Å². The number of amides is 1. The molecule has 0 spiro atoms. The van der Waals surface area contributed by atoms with Crippen LogP contribution in [0.1, 0.15) is 15.9 Å². The summed E-state index contributed by atoms with van der Waals surface area (Å²) in [7, 11) is 0. The average molecular weight is 420 g/mol. The van der Waals surface area contributed by atoms with Crippen LogP contribution in [-0.4, -0.2) is 5.91 Å². The Kier molecular flexibility index (Phi) is 4.95. The highest BCUT2D eigenvalue weighted by molar-refractivity contribution is 9.13. The smallest absolute Gasteiger partial charge is 0.251 e. The van der Waals surface area contributed by atoms with Crippen molar-refractivity contribution in [3.05, 3.63) is 62.0 Å². The minimum atomic E-state index is -0.975. The number of primary amides is 1. The SMILES string of the molecule is NC(=O)c1cc(NCc2ccc(Br)c(Br)c2)c(F)cc1F. The molecule has 0 heterocycles. The van der Waals surface area contributed by atoms with E-state index in [4.69, 9.17) is 5.73 Å². The van der Waals surface area contributed by atoms with Gasteiger partial charge in [-0.1, -0.05) is 6.07 Å². The van der Waals surface area contributed by atoms with E-state index in [2.05, 4.69) is 37.2 Å². The van der Waals surface area contributed by atoms with E-state index in [1.807, 2.05) is 18.2 Å². The van der Waals surface area contributed by atoms with Crippen LogP contribution in [0.25, 0.3) is 0 Å². The molecule has 0 fully saturated rings. The van der Waals surface area contributed by atoms with Crippen LogP contribution in [0.5, 0.6) is 0 Å². The van der Waals surface area contributed by atoms with Crippen LogP contribution >= 0.6 is 31.9 Å². The van der Waals surface area contributed by atoms with Gasteiger partial charge in [-0.25, -0.2) is 8.78 Å². The van der Waals surface area contributed by atoms with Gasteiger partial charge in [0.15, 0.2) is 0 Å². The molecular formula is C14H10Br2F2N2O. The minimum absolute atomic E-state index is 0.0178. The fourth-order valence-electron chi connectivity index (χ4n) is 1.72. The molecule has 0 bridgehead atoms. The zero-order chi connectivity index (χ0) is 15.6. The number of halogens is 4. The first-order valence-electron chi connectivity index (χ1n) is 5.85. The maximum absolute atomic E-state index is 13.7. The summed E-state index contributed by atoms with van der Waals surface area (Å²) in [6.45, 7) is 0.312. The molecule has 2 aromatic rings. The van der Waals surface area contributed by atoms with Crippen molar-refractivity contribution >= 4 is 43.5 Å².